The van der Waals surface area contributed by atoms with E-state index >= 15 is 0 Å². The molecule has 0 N–H and O–H groups in total. The van der Waals surface area contributed by atoms with Gasteiger partial charge in [-0.15, -0.1) is 0 Å². The second-order valence-electron chi connectivity index (χ2n) is 2.24. The smallest absolute Gasteiger partial charge is 0.149 e. The van der Waals surface area contributed by atoms with E-state index in [4.69, 9.17) is 6.13 Å². The largest absolute Gasteiger partial charge is 0.308 e. The van der Waals surface area contributed by atoms with Crippen LogP contribution < -0.4 is 0 Å². The van der Waals surface area contributed by atoms with Crippen molar-refractivity contribution in [3.05, 3.63) is 0 Å². The maximum Gasteiger partial charge on any atom is 0.149 e. The third-order valence-corrected chi connectivity index (χ3v) is 2.47. The van der Waals surface area contributed by atoms with Gasteiger partial charge in [-0.2, -0.15) is 0 Å². The normalized spacial score (nSPS) is 17.4. The van der Waals surface area contributed by atoms with Crippen molar-refractivity contribution in [1.29, 1.82) is 0 Å². The van der Waals surface area contributed by atoms with E-state index in [0.29, 0.717) is 0 Å². The van der Waals surface area contributed by atoms with Crippen molar-refractivity contribution >= 4 is 46.0 Å². The first-order valence-electron chi connectivity index (χ1n) is 2.84. The fraction of sp³-hybridized carbons (Fsp3) is 1.00. The van der Waals surface area contributed by atoms with Crippen LogP contribution in [0.25, 0.3) is 0 Å². The van der Waals surface area contributed by atoms with E-state index in [1.54, 1.807) is 0 Å². The van der Waals surface area contributed by atoms with Gasteiger partial charge in [-0.1, -0.05) is 0 Å². The zero-order valence-corrected chi connectivity index (χ0v) is 10.5. The predicted octanol–water partition coefficient (Wildman–Crippen LogP) is 2.00. The summed E-state index contributed by atoms with van der Waals surface area (Å²) in [5.74, 6) is 0. The van der Waals surface area contributed by atoms with Gasteiger partial charge in [-0.3, -0.25) is 7.97 Å². The van der Waals surface area contributed by atoms with Crippen LogP contribution in [0.3, 0.4) is 0 Å². The molecule has 0 rings (SSSR count). The predicted molar refractivity (Wildman–Crippen MR) is 57.1 cm³/mol. The Kier molecular flexibility index (Phi) is 6.72. The highest BCUT2D eigenvalue weighted by molar-refractivity contribution is 14.1. The van der Waals surface area contributed by atoms with Crippen molar-refractivity contribution in [3.63, 3.8) is 0 Å². The molecule has 0 bridgehead atoms. The molecule has 10 heavy (non-hydrogen) atoms. The Labute approximate surface area is 89.8 Å². The number of hydrogen-bond donors (Lipinski definition) is 0. The summed E-state index contributed by atoms with van der Waals surface area (Å²) < 4.78 is 10.2. The molecule has 5 heteroatoms. The summed E-state index contributed by atoms with van der Waals surface area (Å²) in [5.41, 5.74) is 0. The van der Waals surface area contributed by atoms with Crippen LogP contribution in [-0.2, 0) is 6.13 Å². The molecule has 0 amide bonds. The van der Waals surface area contributed by atoms with E-state index in [1.807, 2.05) is 71.9 Å². The molecule has 0 saturated heterocycles. The molecular formula is C5H11I2NO2. The quantitative estimate of drug-likeness (QED) is 0.558. The number of hydrogen-bond acceptors (Lipinski definition) is 3. The van der Waals surface area contributed by atoms with Crippen LogP contribution in [0.2, 0.25) is 0 Å². The molecule has 0 aliphatic carbocycles. The first kappa shape index (κ1) is 11.3. The van der Waals surface area contributed by atoms with Gasteiger partial charge in [0.15, 0.2) is 0 Å². The third-order valence-electron chi connectivity index (χ3n) is 1.14. The van der Waals surface area contributed by atoms with Crippen molar-refractivity contribution in [2.24, 2.45) is 0 Å². The monoisotopic (exact) mass is 371 g/mol. The average molecular weight is 371 g/mol. The van der Waals surface area contributed by atoms with Gasteiger partial charge in [0.1, 0.15) is 58.3 Å². The molecule has 0 aromatic rings. The van der Waals surface area contributed by atoms with Crippen LogP contribution in [0.5, 0.6) is 0 Å². The first-order chi connectivity index (χ1) is 4.63. The standard InChI is InChI=1S/C5H11I2NO2/c1-4(9-6)5(10-7)8(2)3/h4-5H,1-3H3. The Hall–Kier alpha value is 1.34. The molecular weight excluding hydrogens is 360 g/mol. The zero-order chi connectivity index (χ0) is 8.15. The maximum atomic E-state index is 5.13. The average Bonchev–Trinajstić information content (AvgIpc) is 1.88. The summed E-state index contributed by atoms with van der Waals surface area (Å²) in [4.78, 5) is 1.97. The lowest BCUT2D eigenvalue weighted by Gasteiger charge is -2.24. The third kappa shape index (κ3) is 3.65. The van der Waals surface area contributed by atoms with E-state index in [2.05, 4.69) is 0 Å². The van der Waals surface area contributed by atoms with Crippen molar-refractivity contribution < 1.29 is 6.13 Å². The highest BCUT2D eigenvalue weighted by Gasteiger charge is 2.19. The fourth-order valence-corrected chi connectivity index (χ4v) is 1.74. The molecule has 0 aliphatic rings. The van der Waals surface area contributed by atoms with E-state index in [1.165, 1.54) is 0 Å². The Morgan fingerprint density at radius 1 is 1.20 bits per heavy atom. The van der Waals surface area contributed by atoms with Crippen LogP contribution in [0.15, 0.2) is 0 Å². The summed E-state index contributed by atoms with van der Waals surface area (Å²) in [6.45, 7) is 1.97. The first-order valence-corrected chi connectivity index (χ1v) is 4.60. The van der Waals surface area contributed by atoms with Gasteiger partial charge in [-0.05, 0) is 21.0 Å². The number of likely N-dealkylation sites (N-methyl/N-ethyl adjacent to an activating group) is 1. The summed E-state index contributed by atoms with van der Waals surface area (Å²) in [6.07, 6.45) is 0.116. The SMILES string of the molecule is CC(OI)C(OI)N(C)C. The number of nitrogens with zero attached hydrogens (tertiary/aromatic N) is 1. The van der Waals surface area contributed by atoms with Gasteiger partial charge in [0.05, 0.1) is 0 Å². The van der Waals surface area contributed by atoms with Crippen LogP contribution in [0.1, 0.15) is 6.92 Å². The maximum absolute atomic E-state index is 5.13. The summed E-state index contributed by atoms with van der Waals surface area (Å²) in [5, 5.41) is 0. The van der Waals surface area contributed by atoms with Crippen LogP contribution in [0, 0.1) is 0 Å². The van der Waals surface area contributed by atoms with Gasteiger partial charge < -0.3 is 3.07 Å². The molecule has 0 aromatic heterocycles. The molecule has 3 nitrogen and oxygen atoms in total. The lowest BCUT2D eigenvalue weighted by atomic mass is 10.3. The minimum Gasteiger partial charge on any atom is -0.308 e. The lowest BCUT2D eigenvalue weighted by molar-refractivity contribution is 0.0247. The molecule has 0 spiro atoms. The molecule has 0 radical (unpaired) electrons. The van der Waals surface area contributed by atoms with Crippen molar-refractivity contribution in [1.82, 2.24) is 4.90 Å². The molecule has 0 saturated carbocycles. The number of rotatable bonds is 4. The summed E-state index contributed by atoms with van der Waals surface area (Å²) >= 11 is 3.75. The second kappa shape index (κ2) is 5.92. The van der Waals surface area contributed by atoms with E-state index in [9.17, 15) is 0 Å². The summed E-state index contributed by atoms with van der Waals surface area (Å²) in [7, 11) is 3.91. The van der Waals surface area contributed by atoms with E-state index in [0.717, 1.165) is 0 Å². The van der Waals surface area contributed by atoms with Gasteiger partial charge in [0.25, 0.3) is 0 Å². The highest BCUT2D eigenvalue weighted by atomic mass is 127. The summed E-state index contributed by atoms with van der Waals surface area (Å²) in [6, 6.07) is 0. The Morgan fingerprint density at radius 3 is 1.80 bits per heavy atom. The minimum atomic E-state index is 0.0255. The van der Waals surface area contributed by atoms with Crippen molar-refractivity contribution in [2.45, 2.75) is 19.3 Å². The van der Waals surface area contributed by atoms with Crippen LogP contribution in [-0.4, -0.2) is 31.3 Å². The second-order valence-corrected chi connectivity index (χ2v) is 3.25. The van der Waals surface area contributed by atoms with Gasteiger partial charge in [0, 0.05) is 0 Å². The topological polar surface area (TPSA) is 21.7 Å². The van der Waals surface area contributed by atoms with Crippen molar-refractivity contribution in [2.75, 3.05) is 14.1 Å². The van der Waals surface area contributed by atoms with Crippen molar-refractivity contribution in [3.8, 4) is 0 Å². The Balaban J connectivity index is 3.80. The van der Waals surface area contributed by atoms with Gasteiger partial charge >= 0.3 is 0 Å². The molecule has 0 heterocycles. The molecule has 2 atom stereocenters. The Morgan fingerprint density at radius 2 is 1.70 bits per heavy atom. The Bertz CT molecular complexity index is 91.7. The van der Waals surface area contributed by atoms with Gasteiger partial charge in [0.2, 0.25) is 0 Å². The molecule has 0 fully saturated rings. The number of halogens is 2. The molecule has 0 aromatic carbocycles. The van der Waals surface area contributed by atoms with Crippen LogP contribution in [0.4, 0.5) is 0 Å². The highest BCUT2D eigenvalue weighted by Crippen LogP contribution is 2.11. The van der Waals surface area contributed by atoms with Crippen LogP contribution >= 0.6 is 46.0 Å². The molecule has 62 valence electrons. The fourth-order valence-electron chi connectivity index (χ4n) is 0.616. The minimum absolute atomic E-state index is 0.0255. The molecule has 0 aliphatic heterocycles. The molecule has 2 unspecified atom stereocenters. The zero-order valence-electron chi connectivity index (χ0n) is 6.17. The van der Waals surface area contributed by atoms with E-state index < -0.39 is 0 Å². The van der Waals surface area contributed by atoms with E-state index in [-0.39, 0.29) is 12.3 Å². The lowest BCUT2D eigenvalue weighted by Crippen LogP contribution is -2.37. The van der Waals surface area contributed by atoms with Gasteiger partial charge in [-0.25, -0.2) is 0 Å².